The first-order valence-electron chi connectivity index (χ1n) is 16.9. The van der Waals surface area contributed by atoms with E-state index in [4.69, 9.17) is 14.5 Å². The predicted octanol–water partition coefficient (Wildman–Crippen LogP) is 6.29. The van der Waals surface area contributed by atoms with Crippen LogP contribution in [0.25, 0.3) is 11.3 Å². The van der Waals surface area contributed by atoms with E-state index in [0.29, 0.717) is 55.0 Å². The number of rotatable bonds is 9. The smallest absolute Gasteiger partial charge is 0.399 e. The van der Waals surface area contributed by atoms with E-state index in [0.717, 1.165) is 29.5 Å². The fraction of sp³-hybridized carbons (Fsp3) is 0.405. The summed E-state index contributed by atoms with van der Waals surface area (Å²) in [6.45, 7) is 7.00. The number of aromatic nitrogens is 2. The monoisotopic (exact) mass is 684 g/mol. The zero-order valence-corrected chi connectivity index (χ0v) is 29.4. The van der Waals surface area contributed by atoms with Crippen molar-refractivity contribution >= 4 is 40.5 Å². The molecule has 1 atom stereocenters. The van der Waals surface area contributed by atoms with Crippen LogP contribution in [-0.2, 0) is 29.4 Å². The first-order valence-corrected chi connectivity index (χ1v) is 17.7. The normalized spacial score (nSPS) is 15.5. The number of hydrogen-bond donors (Lipinski definition) is 2. The number of thiophene rings is 1. The molecule has 2 N–H and O–H groups in total. The quantitative estimate of drug-likeness (QED) is 0.198. The second kappa shape index (κ2) is 15.4. The van der Waals surface area contributed by atoms with Gasteiger partial charge in [-0.2, -0.15) is 0 Å². The van der Waals surface area contributed by atoms with Crippen molar-refractivity contribution in [2.75, 3.05) is 50.5 Å². The van der Waals surface area contributed by atoms with Gasteiger partial charge in [0.1, 0.15) is 6.04 Å². The Morgan fingerprint density at radius 1 is 1.08 bits per heavy atom. The molecule has 49 heavy (non-hydrogen) atoms. The van der Waals surface area contributed by atoms with E-state index in [2.05, 4.69) is 15.5 Å². The van der Waals surface area contributed by atoms with E-state index in [1.165, 1.54) is 34.3 Å². The van der Waals surface area contributed by atoms with Crippen LogP contribution < -0.4 is 20.9 Å². The van der Waals surface area contributed by atoms with Gasteiger partial charge in [0.2, 0.25) is 5.91 Å². The van der Waals surface area contributed by atoms with Crippen molar-refractivity contribution in [2.45, 2.75) is 52.0 Å². The Bertz CT molecular complexity index is 1840. The average Bonchev–Trinajstić information content (AvgIpc) is 3.35. The van der Waals surface area contributed by atoms with Crippen LogP contribution in [0.1, 0.15) is 53.8 Å². The van der Waals surface area contributed by atoms with E-state index >= 15 is 0 Å². The molecule has 0 bridgehead atoms. The first kappa shape index (κ1) is 34.3. The van der Waals surface area contributed by atoms with Crippen LogP contribution in [0.2, 0.25) is 0 Å². The Labute approximate surface area is 290 Å². The number of ether oxygens (including phenoxy) is 2. The number of aryl methyl sites for hydroxylation is 3. The van der Waals surface area contributed by atoms with Gasteiger partial charge < -0.3 is 24.3 Å². The van der Waals surface area contributed by atoms with Crippen LogP contribution in [0.4, 0.5) is 22.0 Å². The van der Waals surface area contributed by atoms with Gasteiger partial charge in [0.25, 0.3) is 5.56 Å². The Hall–Kier alpha value is -4.52. The lowest BCUT2D eigenvalue weighted by atomic mass is 10.0. The van der Waals surface area contributed by atoms with Crippen molar-refractivity contribution in [2.24, 2.45) is 7.05 Å². The fourth-order valence-electron chi connectivity index (χ4n) is 6.38. The standard InChI is InChI=1S/C37H44N6O5S/c1-5-41(3)35(44)33(43-18-20-47-21-19-43)25-14-16-27(17-15-25)38-34-36(45)42(4)23-30(39-34)28-11-9-12-29(24(28)2)40-37(46)48-32-22-26-10-7-6-8-13-31(26)49-32/h9,11-12,14-17,22-23,33H,5-8,10,13,18-21H2,1-4H3,(H,38,39)(H,40,46). The van der Waals surface area contributed by atoms with Crippen LogP contribution in [0.3, 0.4) is 0 Å². The molecule has 2 aliphatic rings. The summed E-state index contributed by atoms with van der Waals surface area (Å²) in [7, 11) is 3.50. The van der Waals surface area contributed by atoms with E-state index in [-0.39, 0.29) is 17.3 Å². The van der Waals surface area contributed by atoms with Gasteiger partial charge >= 0.3 is 6.09 Å². The molecule has 6 rings (SSSR count). The number of likely N-dealkylation sites (N-methyl/N-ethyl adjacent to an activating group) is 1. The minimum atomic E-state index is -0.546. The third-order valence-electron chi connectivity index (χ3n) is 9.32. The molecule has 11 nitrogen and oxygen atoms in total. The Morgan fingerprint density at radius 3 is 2.59 bits per heavy atom. The van der Waals surface area contributed by atoms with Gasteiger partial charge in [-0.05, 0) is 80.5 Å². The molecule has 2 amide bonds. The maximum atomic E-state index is 13.4. The second-order valence-electron chi connectivity index (χ2n) is 12.6. The highest BCUT2D eigenvalue weighted by Crippen LogP contribution is 2.35. The molecule has 3 heterocycles. The minimum Gasteiger partial charge on any atom is -0.399 e. The number of fused-ring (bicyclic) bond motifs is 1. The lowest BCUT2D eigenvalue weighted by Crippen LogP contribution is -2.46. The van der Waals surface area contributed by atoms with E-state index in [1.807, 2.05) is 69.4 Å². The summed E-state index contributed by atoms with van der Waals surface area (Å²) in [5.41, 5.74) is 5.27. The number of amides is 2. The lowest BCUT2D eigenvalue weighted by molar-refractivity contribution is -0.137. The van der Waals surface area contributed by atoms with E-state index in [9.17, 15) is 14.4 Å². The summed E-state index contributed by atoms with van der Waals surface area (Å²) in [6, 6.07) is 14.7. The Morgan fingerprint density at radius 2 is 1.84 bits per heavy atom. The highest BCUT2D eigenvalue weighted by atomic mass is 32.1. The van der Waals surface area contributed by atoms with Gasteiger partial charge in [-0.25, -0.2) is 9.78 Å². The molecule has 0 saturated carbocycles. The highest BCUT2D eigenvalue weighted by molar-refractivity contribution is 7.14. The van der Waals surface area contributed by atoms with E-state index in [1.54, 1.807) is 29.5 Å². The summed E-state index contributed by atoms with van der Waals surface area (Å²) >= 11 is 1.55. The van der Waals surface area contributed by atoms with Crippen molar-refractivity contribution in [1.82, 2.24) is 19.4 Å². The van der Waals surface area contributed by atoms with Crippen LogP contribution in [0.15, 0.2) is 59.5 Å². The minimum absolute atomic E-state index is 0.0364. The average molecular weight is 685 g/mol. The van der Waals surface area contributed by atoms with Gasteiger partial charge in [-0.3, -0.25) is 19.8 Å². The first-order chi connectivity index (χ1) is 23.7. The zero-order chi connectivity index (χ0) is 34.5. The molecule has 2 aromatic carbocycles. The van der Waals surface area contributed by atoms with Crippen LogP contribution >= 0.6 is 11.3 Å². The summed E-state index contributed by atoms with van der Waals surface area (Å²) in [6.07, 6.45) is 6.77. The SMILES string of the molecule is CCN(C)C(=O)C(c1ccc(Nc2nc(-c3cccc(NC(=O)Oc4cc5c(s4)CCCCC5)c3C)cn(C)c2=O)cc1)N1CCOCC1. The van der Waals surface area contributed by atoms with Crippen molar-refractivity contribution in [3.8, 4) is 16.3 Å². The third kappa shape index (κ3) is 7.87. The van der Waals surface area contributed by atoms with Gasteiger partial charge in [0, 0.05) is 61.7 Å². The van der Waals surface area contributed by atoms with Gasteiger partial charge in [-0.1, -0.05) is 30.7 Å². The molecule has 258 valence electrons. The molecule has 1 unspecified atom stereocenters. The number of morpholine rings is 1. The summed E-state index contributed by atoms with van der Waals surface area (Å²) in [5.74, 6) is 0.197. The molecular weight excluding hydrogens is 641 g/mol. The summed E-state index contributed by atoms with van der Waals surface area (Å²) in [4.78, 5) is 49.4. The molecule has 1 aliphatic heterocycles. The number of carbonyl (C=O) groups is 2. The Kier molecular flexibility index (Phi) is 10.8. The molecule has 1 saturated heterocycles. The molecule has 1 aliphatic carbocycles. The van der Waals surface area contributed by atoms with Crippen LogP contribution in [-0.4, -0.2) is 71.2 Å². The number of anilines is 3. The van der Waals surface area contributed by atoms with Gasteiger partial charge in [-0.15, -0.1) is 11.3 Å². The van der Waals surface area contributed by atoms with Crippen molar-refractivity contribution in [3.05, 3.63) is 86.6 Å². The number of benzene rings is 2. The maximum Gasteiger partial charge on any atom is 0.417 e. The molecule has 2 aromatic heterocycles. The van der Waals surface area contributed by atoms with Crippen LogP contribution in [0.5, 0.6) is 5.06 Å². The van der Waals surface area contributed by atoms with Gasteiger partial charge in [0.15, 0.2) is 10.9 Å². The van der Waals surface area contributed by atoms with Crippen molar-refractivity contribution in [3.63, 3.8) is 0 Å². The predicted molar refractivity (Wildman–Crippen MR) is 193 cm³/mol. The molecule has 12 heteroatoms. The van der Waals surface area contributed by atoms with E-state index < -0.39 is 12.1 Å². The lowest BCUT2D eigenvalue weighted by Gasteiger charge is -2.35. The van der Waals surface area contributed by atoms with Crippen molar-refractivity contribution in [1.29, 1.82) is 0 Å². The number of nitrogens with one attached hydrogen (secondary N) is 2. The van der Waals surface area contributed by atoms with Gasteiger partial charge in [0.05, 0.1) is 18.9 Å². The molecule has 0 spiro atoms. The molecule has 1 fully saturated rings. The third-order valence-corrected chi connectivity index (χ3v) is 10.4. The molecular formula is C37H44N6O5S. The molecule has 0 radical (unpaired) electrons. The maximum absolute atomic E-state index is 13.4. The fourth-order valence-corrected chi connectivity index (χ4v) is 7.48. The number of hydrogen-bond acceptors (Lipinski definition) is 9. The Balaban J connectivity index is 1.19. The summed E-state index contributed by atoms with van der Waals surface area (Å²) in [5, 5.41) is 6.69. The van der Waals surface area contributed by atoms with Crippen molar-refractivity contribution < 1.29 is 19.1 Å². The number of nitrogens with zero attached hydrogens (tertiary/aromatic N) is 4. The highest BCUT2D eigenvalue weighted by Gasteiger charge is 2.31. The largest absolute Gasteiger partial charge is 0.417 e. The zero-order valence-electron chi connectivity index (χ0n) is 28.6. The summed E-state index contributed by atoms with van der Waals surface area (Å²) < 4.78 is 12.7. The topological polar surface area (TPSA) is 118 Å². The number of carbonyl (C=O) groups excluding carboxylic acids is 2. The molecule has 4 aromatic rings. The van der Waals surface area contributed by atoms with Crippen LogP contribution in [0, 0.1) is 6.92 Å². The second-order valence-corrected chi connectivity index (χ2v) is 13.7.